The van der Waals surface area contributed by atoms with Gasteiger partial charge in [-0.05, 0) is 62.6 Å². The SMILES string of the molecule is CO[C@@]12CC[C@@H](N[C@@H](CC(=O)O)C(=O)O)[C@@H]3Oc4c(O)ccc5c4C31CCN(CC1CC1)C2C5. The number of carbonyl (C=O) groups is 2. The van der Waals surface area contributed by atoms with Crippen molar-refractivity contribution in [3.05, 3.63) is 23.3 Å². The van der Waals surface area contributed by atoms with Crippen molar-refractivity contribution in [2.45, 2.75) is 80.2 Å². The lowest BCUT2D eigenvalue weighted by Gasteiger charge is -2.65. The summed E-state index contributed by atoms with van der Waals surface area (Å²) in [6.45, 7) is 1.96. The van der Waals surface area contributed by atoms with E-state index in [1.54, 1.807) is 13.2 Å². The first-order valence-corrected chi connectivity index (χ1v) is 12.3. The second kappa shape index (κ2) is 7.57. The van der Waals surface area contributed by atoms with Crippen molar-refractivity contribution in [1.29, 1.82) is 0 Å². The van der Waals surface area contributed by atoms with E-state index in [0.29, 0.717) is 18.6 Å². The molecule has 2 aliphatic heterocycles. The number of nitrogens with zero attached hydrogens (tertiary/aromatic N) is 1. The van der Waals surface area contributed by atoms with Gasteiger partial charge in [-0.15, -0.1) is 0 Å². The van der Waals surface area contributed by atoms with E-state index in [1.807, 2.05) is 6.07 Å². The summed E-state index contributed by atoms with van der Waals surface area (Å²) in [4.78, 5) is 25.8. The summed E-state index contributed by atoms with van der Waals surface area (Å²) in [5.41, 5.74) is 1.13. The highest BCUT2D eigenvalue weighted by Crippen LogP contribution is 2.66. The van der Waals surface area contributed by atoms with Crippen molar-refractivity contribution in [2.75, 3.05) is 20.2 Å². The van der Waals surface area contributed by atoms with Gasteiger partial charge in [0.25, 0.3) is 0 Å². The molecule has 1 aromatic rings. The molecule has 1 spiro atoms. The molecule has 9 heteroatoms. The average molecular weight is 473 g/mol. The second-order valence-electron chi connectivity index (χ2n) is 10.8. The van der Waals surface area contributed by atoms with Gasteiger partial charge < -0.3 is 24.8 Å². The molecule has 4 N–H and O–H groups in total. The van der Waals surface area contributed by atoms with E-state index >= 15 is 0 Å². The van der Waals surface area contributed by atoms with Crippen LogP contribution in [-0.2, 0) is 26.2 Å². The number of carboxylic acid groups (broad SMARTS) is 2. The van der Waals surface area contributed by atoms with Gasteiger partial charge in [-0.1, -0.05) is 6.07 Å². The van der Waals surface area contributed by atoms with Gasteiger partial charge in [0.1, 0.15) is 12.1 Å². The predicted molar refractivity (Wildman–Crippen MR) is 120 cm³/mol. The molecular formula is C25H32N2O7. The highest BCUT2D eigenvalue weighted by molar-refractivity contribution is 5.80. The zero-order chi connectivity index (χ0) is 23.8. The standard InChI is InChI=1S/C25H32N2O7/c1-33-25-7-6-15(26-16(23(31)32)11-19(29)30)22-24(25)8-9-27(12-13-2-3-13)18(25)10-14-4-5-17(28)21(34-22)20(14)24/h4-5,13,15-16,18,22,26,28H,2-3,6-12H2,1H3,(H,29,30)(H,31,32)/t15-,16+,18?,22+,24?,25-/m1/s1. The third-order valence-corrected chi connectivity index (χ3v) is 9.18. The maximum absolute atomic E-state index is 11.8. The Morgan fingerprint density at radius 1 is 1.26 bits per heavy atom. The van der Waals surface area contributed by atoms with E-state index in [4.69, 9.17) is 9.47 Å². The first-order valence-electron chi connectivity index (χ1n) is 12.3. The number of rotatable bonds is 8. The number of likely N-dealkylation sites (tertiary alicyclic amines) is 1. The van der Waals surface area contributed by atoms with Crippen LogP contribution in [0.4, 0.5) is 0 Å². The molecule has 1 aromatic carbocycles. The second-order valence-corrected chi connectivity index (χ2v) is 10.8. The minimum absolute atomic E-state index is 0.0884. The van der Waals surface area contributed by atoms with Crippen molar-refractivity contribution >= 4 is 11.9 Å². The number of nitrogens with one attached hydrogen (secondary N) is 1. The summed E-state index contributed by atoms with van der Waals surface area (Å²) in [6, 6.07) is 2.27. The molecule has 0 aromatic heterocycles. The smallest absolute Gasteiger partial charge is 0.321 e. The fourth-order valence-corrected chi connectivity index (χ4v) is 7.69. The number of hydrogen-bond donors (Lipinski definition) is 4. The molecule has 9 nitrogen and oxygen atoms in total. The van der Waals surface area contributed by atoms with Crippen LogP contribution in [0.5, 0.6) is 11.5 Å². The number of carboxylic acids is 2. The third kappa shape index (κ3) is 2.90. The Morgan fingerprint density at radius 2 is 2.06 bits per heavy atom. The largest absolute Gasteiger partial charge is 0.504 e. The maximum Gasteiger partial charge on any atom is 0.321 e. The summed E-state index contributed by atoms with van der Waals surface area (Å²) in [5.74, 6) is -1.03. The van der Waals surface area contributed by atoms with Crippen LogP contribution < -0.4 is 10.1 Å². The Bertz CT molecular complexity index is 1040. The zero-order valence-corrected chi connectivity index (χ0v) is 19.3. The van der Waals surface area contributed by atoms with Crippen molar-refractivity contribution < 1.29 is 34.4 Å². The Balaban J connectivity index is 1.45. The molecule has 34 heavy (non-hydrogen) atoms. The van der Waals surface area contributed by atoms with Crippen molar-refractivity contribution in [1.82, 2.24) is 10.2 Å². The molecule has 0 amide bonds. The van der Waals surface area contributed by atoms with Gasteiger partial charge in [-0.25, -0.2) is 0 Å². The molecule has 1 saturated heterocycles. The van der Waals surface area contributed by atoms with Crippen LogP contribution >= 0.6 is 0 Å². The lowest BCUT2D eigenvalue weighted by Crippen LogP contribution is -2.79. The molecule has 3 fully saturated rings. The van der Waals surface area contributed by atoms with Gasteiger partial charge in [-0.3, -0.25) is 19.8 Å². The number of phenols is 1. The molecule has 6 atom stereocenters. The zero-order valence-electron chi connectivity index (χ0n) is 19.3. The fourth-order valence-electron chi connectivity index (χ4n) is 7.69. The number of aliphatic carboxylic acids is 2. The quantitative estimate of drug-likeness (QED) is 0.445. The maximum atomic E-state index is 11.8. The van der Waals surface area contributed by atoms with Crippen LogP contribution in [0.2, 0.25) is 0 Å². The Labute approximate surface area is 198 Å². The van der Waals surface area contributed by atoms with Crippen LogP contribution in [0.25, 0.3) is 0 Å². The summed E-state index contributed by atoms with van der Waals surface area (Å²) in [7, 11) is 1.77. The van der Waals surface area contributed by atoms with Gasteiger partial charge in [0.2, 0.25) is 0 Å². The molecule has 2 saturated carbocycles. The molecule has 3 aliphatic carbocycles. The van der Waals surface area contributed by atoms with Gasteiger partial charge in [-0.2, -0.15) is 0 Å². The summed E-state index contributed by atoms with van der Waals surface area (Å²) >= 11 is 0. The average Bonchev–Trinajstić information content (AvgIpc) is 3.54. The molecule has 0 radical (unpaired) electrons. The van der Waals surface area contributed by atoms with Crippen molar-refractivity contribution in [3.8, 4) is 11.5 Å². The van der Waals surface area contributed by atoms with Crippen LogP contribution in [-0.4, -0.2) is 82.2 Å². The third-order valence-electron chi connectivity index (χ3n) is 9.18. The normalized spacial score (nSPS) is 36.4. The molecule has 5 aliphatic rings. The monoisotopic (exact) mass is 472 g/mol. The van der Waals surface area contributed by atoms with E-state index in [9.17, 15) is 24.9 Å². The molecule has 184 valence electrons. The van der Waals surface area contributed by atoms with E-state index in [-0.39, 0.29) is 17.8 Å². The number of benzene rings is 1. The number of piperidine rings is 1. The first kappa shape index (κ1) is 22.1. The van der Waals surface area contributed by atoms with Crippen molar-refractivity contribution in [2.24, 2.45) is 5.92 Å². The van der Waals surface area contributed by atoms with Crippen LogP contribution in [0.15, 0.2) is 12.1 Å². The Kier molecular flexibility index (Phi) is 4.92. The summed E-state index contributed by atoms with van der Waals surface area (Å²) in [5, 5.41) is 32.8. The van der Waals surface area contributed by atoms with Gasteiger partial charge in [0, 0.05) is 31.3 Å². The highest BCUT2D eigenvalue weighted by Gasteiger charge is 2.74. The predicted octanol–water partition coefficient (Wildman–Crippen LogP) is 1.50. The fraction of sp³-hybridized carbons (Fsp3) is 0.680. The van der Waals surface area contributed by atoms with Crippen molar-refractivity contribution in [3.63, 3.8) is 0 Å². The van der Waals surface area contributed by atoms with Gasteiger partial charge >= 0.3 is 11.9 Å². The van der Waals surface area contributed by atoms with Gasteiger partial charge in [0.15, 0.2) is 11.5 Å². The summed E-state index contributed by atoms with van der Waals surface area (Å²) < 4.78 is 13.0. The van der Waals surface area contributed by atoms with Crippen LogP contribution in [0.3, 0.4) is 0 Å². The molecule has 2 heterocycles. The lowest BCUT2D eigenvalue weighted by atomic mass is 9.48. The molecule has 2 unspecified atom stereocenters. The van der Waals surface area contributed by atoms with E-state index in [2.05, 4.69) is 10.2 Å². The van der Waals surface area contributed by atoms with E-state index in [0.717, 1.165) is 43.0 Å². The van der Waals surface area contributed by atoms with E-state index < -0.39 is 41.5 Å². The minimum atomic E-state index is -1.22. The van der Waals surface area contributed by atoms with E-state index in [1.165, 1.54) is 12.8 Å². The number of ether oxygens (including phenoxy) is 2. The lowest BCUT2D eigenvalue weighted by molar-refractivity contribution is -0.208. The topological polar surface area (TPSA) is 129 Å². The Morgan fingerprint density at radius 3 is 2.74 bits per heavy atom. The number of hydrogen-bond acceptors (Lipinski definition) is 7. The highest BCUT2D eigenvalue weighted by atomic mass is 16.5. The number of aromatic hydroxyl groups is 1. The van der Waals surface area contributed by atoms with Crippen LogP contribution in [0, 0.1) is 5.92 Å². The first-order chi connectivity index (χ1) is 16.3. The molecule has 2 bridgehead atoms. The number of methoxy groups -OCH3 is 1. The van der Waals surface area contributed by atoms with Crippen LogP contribution in [0.1, 0.15) is 49.7 Å². The minimum Gasteiger partial charge on any atom is -0.504 e. The summed E-state index contributed by atoms with van der Waals surface area (Å²) in [6.07, 6.45) is 4.51. The Hall–Kier alpha value is -2.36. The molecular weight excluding hydrogens is 440 g/mol. The molecule has 6 rings (SSSR count). The number of phenolic OH excluding ortho intramolecular Hbond substituents is 1. The van der Waals surface area contributed by atoms with Gasteiger partial charge in [0.05, 0.1) is 17.4 Å².